The average molecular weight is 253 g/mol. The summed E-state index contributed by atoms with van der Waals surface area (Å²) in [6.07, 6.45) is 8.71. The van der Waals surface area contributed by atoms with Crippen molar-refractivity contribution in [3.8, 4) is 0 Å². The Balaban J connectivity index is 2.22. The van der Waals surface area contributed by atoms with Gasteiger partial charge in [0.15, 0.2) is 0 Å². The molecule has 2 aliphatic rings. The van der Waals surface area contributed by atoms with Gasteiger partial charge in [0.25, 0.3) is 0 Å². The molecule has 1 heterocycles. The van der Waals surface area contributed by atoms with E-state index in [0.717, 1.165) is 51.6 Å². The van der Waals surface area contributed by atoms with Crippen LogP contribution in [0.15, 0.2) is 0 Å². The monoisotopic (exact) mass is 253 g/mol. The molecular weight excluding hydrogens is 226 g/mol. The minimum Gasteiger partial charge on any atom is -0.480 e. The van der Waals surface area contributed by atoms with Gasteiger partial charge in [-0.3, -0.25) is 9.69 Å². The van der Waals surface area contributed by atoms with Gasteiger partial charge in [-0.2, -0.15) is 0 Å². The second kappa shape index (κ2) is 5.20. The lowest BCUT2D eigenvalue weighted by atomic mass is 9.67. The van der Waals surface area contributed by atoms with E-state index in [2.05, 4.69) is 18.7 Å². The maximum absolute atomic E-state index is 11.9. The highest BCUT2D eigenvalue weighted by atomic mass is 16.4. The summed E-state index contributed by atoms with van der Waals surface area (Å²) in [4.78, 5) is 14.2. The molecule has 1 atom stereocenters. The largest absolute Gasteiger partial charge is 0.480 e. The van der Waals surface area contributed by atoms with Crippen molar-refractivity contribution in [1.82, 2.24) is 4.90 Å². The van der Waals surface area contributed by atoms with Gasteiger partial charge in [-0.1, -0.05) is 33.1 Å². The maximum Gasteiger partial charge on any atom is 0.324 e. The third-order valence-electron chi connectivity index (χ3n) is 4.82. The van der Waals surface area contributed by atoms with Crippen molar-refractivity contribution in [2.45, 2.75) is 70.8 Å². The third-order valence-corrected chi connectivity index (χ3v) is 4.82. The van der Waals surface area contributed by atoms with E-state index in [4.69, 9.17) is 0 Å². The van der Waals surface area contributed by atoms with Crippen molar-refractivity contribution in [3.63, 3.8) is 0 Å². The molecule has 0 spiro atoms. The van der Waals surface area contributed by atoms with E-state index in [1.54, 1.807) is 0 Å². The number of likely N-dealkylation sites (tertiary alicyclic amines) is 1. The highest BCUT2D eigenvalue weighted by Gasteiger charge is 2.49. The zero-order chi connectivity index (χ0) is 13.2. The molecule has 1 saturated carbocycles. The zero-order valence-electron chi connectivity index (χ0n) is 11.9. The van der Waals surface area contributed by atoms with Gasteiger partial charge in [-0.25, -0.2) is 0 Å². The molecule has 2 fully saturated rings. The highest BCUT2D eigenvalue weighted by Crippen LogP contribution is 2.44. The van der Waals surface area contributed by atoms with Crippen molar-refractivity contribution in [3.05, 3.63) is 0 Å². The third kappa shape index (κ3) is 2.71. The van der Waals surface area contributed by atoms with Gasteiger partial charge in [0.1, 0.15) is 5.54 Å². The molecule has 1 unspecified atom stereocenters. The Morgan fingerprint density at radius 3 is 2.11 bits per heavy atom. The van der Waals surface area contributed by atoms with E-state index >= 15 is 0 Å². The summed E-state index contributed by atoms with van der Waals surface area (Å²) in [5, 5.41) is 9.82. The van der Waals surface area contributed by atoms with E-state index in [9.17, 15) is 9.90 Å². The summed E-state index contributed by atoms with van der Waals surface area (Å²) in [5.41, 5.74) is -0.408. The average Bonchev–Trinajstić information content (AvgIpc) is 2.55. The molecule has 0 radical (unpaired) electrons. The lowest BCUT2D eigenvalue weighted by Gasteiger charge is -2.48. The van der Waals surface area contributed by atoms with E-state index in [0.29, 0.717) is 0 Å². The van der Waals surface area contributed by atoms with Crippen molar-refractivity contribution in [2.24, 2.45) is 5.41 Å². The Morgan fingerprint density at radius 2 is 1.61 bits per heavy atom. The lowest BCUT2D eigenvalue weighted by molar-refractivity contribution is -0.157. The van der Waals surface area contributed by atoms with Crippen LogP contribution in [-0.4, -0.2) is 34.6 Å². The predicted molar refractivity (Wildman–Crippen MR) is 72.7 cm³/mol. The standard InChI is InChI=1S/C15H27NO2/c1-14(2)8-7-9-15(12-14,13(17)18)16-10-5-3-4-6-11-16/h3-12H2,1-2H3,(H,17,18). The summed E-state index contributed by atoms with van der Waals surface area (Å²) in [5.74, 6) is -0.586. The van der Waals surface area contributed by atoms with Crippen LogP contribution < -0.4 is 0 Å². The first-order valence-electron chi connectivity index (χ1n) is 7.45. The van der Waals surface area contributed by atoms with Gasteiger partial charge in [0, 0.05) is 0 Å². The van der Waals surface area contributed by atoms with E-state index in [1.807, 2.05) is 0 Å². The molecule has 0 amide bonds. The molecule has 1 N–H and O–H groups in total. The smallest absolute Gasteiger partial charge is 0.324 e. The Hall–Kier alpha value is -0.570. The molecule has 2 rings (SSSR count). The second-order valence-electron chi connectivity index (χ2n) is 6.93. The normalized spacial score (nSPS) is 33.9. The first-order chi connectivity index (χ1) is 8.46. The minimum absolute atomic E-state index is 0.170. The van der Waals surface area contributed by atoms with Crippen LogP contribution >= 0.6 is 0 Å². The van der Waals surface area contributed by atoms with Gasteiger partial charge in [0.2, 0.25) is 0 Å². The molecule has 0 aromatic rings. The molecule has 0 aromatic carbocycles. The fourth-order valence-corrected chi connectivity index (χ4v) is 3.91. The number of hydrogen-bond donors (Lipinski definition) is 1. The van der Waals surface area contributed by atoms with Crippen molar-refractivity contribution < 1.29 is 9.90 Å². The Labute approximate surface area is 111 Å². The maximum atomic E-state index is 11.9. The van der Waals surface area contributed by atoms with Gasteiger partial charge in [-0.05, 0) is 50.6 Å². The van der Waals surface area contributed by atoms with Crippen LogP contribution in [0.25, 0.3) is 0 Å². The van der Waals surface area contributed by atoms with Crippen molar-refractivity contribution >= 4 is 5.97 Å². The molecule has 3 heteroatoms. The number of aliphatic carboxylic acids is 1. The zero-order valence-corrected chi connectivity index (χ0v) is 11.9. The summed E-state index contributed by atoms with van der Waals surface area (Å²) < 4.78 is 0. The summed E-state index contributed by atoms with van der Waals surface area (Å²) in [6.45, 7) is 6.40. The van der Waals surface area contributed by atoms with Gasteiger partial charge in [-0.15, -0.1) is 0 Å². The molecule has 1 saturated heterocycles. The van der Waals surface area contributed by atoms with Gasteiger partial charge < -0.3 is 5.11 Å². The molecule has 104 valence electrons. The Morgan fingerprint density at radius 1 is 1.00 bits per heavy atom. The SMILES string of the molecule is CC1(C)CCCC(C(=O)O)(N2CCCCCC2)C1. The lowest BCUT2D eigenvalue weighted by Crippen LogP contribution is -2.58. The molecular formula is C15H27NO2. The number of carboxylic acids is 1. The van der Waals surface area contributed by atoms with Crippen LogP contribution in [0.2, 0.25) is 0 Å². The van der Waals surface area contributed by atoms with Gasteiger partial charge >= 0.3 is 5.97 Å². The molecule has 0 bridgehead atoms. The number of rotatable bonds is 2. The Kier molecular flexibility index (Phi) is 4.00. The number of hydrogen-bond acceptors (Lipinski definition) is 2. The van der Waals surface area contributed by atoms with Crippen molar-refractivity contribution in [2.75, 3.05) is 13.1 Å². The first kappa shape index (κ1) is 13.9. The predicted octanol–water partition coefficient (Wildman–Crippen LogP) is 3.29. The molecule has 18 heavy (non-hydrogen) atoms. The van der Waals surface area contributed by atoms with Crippen LogP contribution in [-0.2, 0) is 4.79 Å². The van der Waals surface area contributed by atoms with Crippen LogP contribution in [0.5, 0.6) is 0 Å². The van der Waals surface area contributed by atoms with Crippen LogP contribution in [0.4, 0.5) is 0 Å². The molecule has 1 aliphatic carbocycles. The Bertz CT molecular complexity index is 306. The van der Waals surface area contributed by atoms with Crippen LogP contribution in [0.3, 0.4) is 0 Å². The summed E-state index contributed by atoms with van der Waals surface area (Å²) in [7, 11) is 0. The fraction of sp³-hybridized carbons (Fsp3) is 0.933. The second-order valence-corrected chi connectivity index (χ2v) is 6.93. The molecule has 1 aliphatic heterocycles. The quantitative estimate of drug-likeness (QED) is 0.821. The highest BCUT2D eigenvalue weighted by molar-refractivity contribution is 5.79. The van der Waals surface area contributed by atoms with Crippen molar-refractivity contribution in [1.29, 1.82) is 0 Å². The number of carboxylic acid groups (broad SMARTS) is 1. The van der Waals surface area contributed by atoms with Crippen LogP contribution in [0.1, 0.15) is 65.2 Å². The van der Waals surface area contributed by atoms with E-state index < -0.39 is 11.5 Å². The summed E-state index contributed by atoms with van der Waals surface area (Å²) >= 11 is 0. The summed E-state index contributed by atoms with van der Waals surface area (Å²) in [6, 6.07) is 0. The fourth-order valence-electron chi connectivity index (χ4n) is 3.91. The first-order valence-corrected chi connectivity index (χ1v) is 7.45. The minimum atomic E-state index is -0.586. The van der Waals surface area contributed by atoms with E-state index in [-0.39, 0.29) is 5.41 Å². The topological polar surface area (TPSA) is 40.5 Å². The van der Waals surface area contributed by atoms with Gasteiger partial charge in [0.05, 0.1) is 0 Å². The van der Waals surface area contributed by atoms with Crippen LogP contribution in [0, 0.1) is 5.41 Å². The number of carbonyl (C=O) groups is 1. The molecule has 3 nitrogen and oxygen atoms in total. The molecule has 0 aromatic heterocycles. The van der Waals surface area contributed by atoms with E-state index in [1.165, 1.54) is 12.8 Å². The number of nitrogens with zero attached hydrogens (tertiary/aromatic N) is 1.